The van der Waals surface area contributed by atoms with Gasteiger partial charge < -0.3 is 15.1 Å². The standard InChI is InChI=1S/C25H31ClN6O3S/c1-15-12-17(15)14-28-20-13-19(21(26)23(29-20)32(2)36(3,33)34)24-30-31-25(35-24)22-18(10-7-11-27-22)16-8-5-4-6-9-16/h4-6,8-9,13,15,17-18,22,27H,7,10-12,14H2,1-3H3,(H,28,29)/t15-,17+,18-,22-/m0/s1. The fraction of sp³-hybridized carbons (Fsp3) is 0.480. The third-order valence-corrected chi connectivity index (χ3v) is 8.72. The summed E-state index contributed by atoms with van der Waals surface area (Å²) >= 11 is 6.69. The number of hydrogen-bond donors (Lipinski definition) is 2. The maximum absolute atomic E-state index is 12.3. The van der Waals surface area contributed by atoms with Crippen LogP contribution in [-0.4, -0.2) is 50.0 Å². The first-order valence-electron chi connectivity index (χ1n) is 12.2. The Labute approximate surface area is 216 Å². The molecule has 0 radical (unpaired) electrons. The van der Waals surface area contributed by atoms with Crippen molar-refractivity contribution in [3.63, 3.8) is 0 Å². The van der Waals surface area contributed by atoms with E-state index in [-0.39, 0.29) is 28.7 Å². The molecule has 9 nitrogen and oxygen atoms in total. The maximum atomic E-state index is 12.3. The SMILES string of the molecule is C[C@H]1C[C@@H]1CNc1cc(-c2nnc([C@H]3NCCC[C@H]3c3ccccc3)o2)c(Cl)c(N(C)S(C)(=O)=O)n1. The molecule has 4 atom stereocenters. The molecule has 2 aliphatic rings. The summed E-state index contributed by atoms with van der Waals surface area (Å²) in [7, 11) is -2.16. The highest BCUT2D eigenvalue weighted by molar-refractivity contribution is 7.92. The lowest BCUT2D eigenvalue weighted by Gasteiger charge is -2.30. The minimum Gasteiger partial charge on any atom is -0.419 e. The van der Waals surface area contributed by atoms with Gasteiger partial charge in [-0.1, -0.05) is 48.9 Å². The Morgan fingerprint density at radius 2 is 2.00 bits per heavy atom. The predicted molar refractivity (Wildman–Crippen MR) is 141 cm³/mol. The van der Waals surface area contributed by atoms with Gasteiger partial charge in [0.15, 0.2) is 5.82 Å². The lowest BCUT2D eigenvalue weighted by atomic mass is 9.85. The molecule has 11 heteroatoms. The minimum absolute atomic E-state index is 0.112. The van der Waals surface area contributed by atoms with E-state index in [1.807, 2.05) is 18.2 Å². The summed E-state index contributed by atoms with van der Waals surface area (Å²) in [5, 5.41) is 15.7. The van der Waals surface area contributed by atoms with Crippen molar-refractivity contribution >= 4 is 33.3 Å². The first kappa shape index (κ1) is 25.0. The van der Waals surface area contributed by atoms with Gasteiger partial charge in [-0.3, -0.25) is 4.31 Å². The largest absolute Gasteiger partial charge is 0.419 e. The fourth-order valence-electron chi connectivity index (χ4n) is 4.72. The lowest BCUT2D eigenvalue weighted by molar-refractivity contribution is 0.303. The van der Waals surface area contributed by atoms with E-state index in [2.05, 4.69) is 44.9 Å². The number of halogens is 1. The van der Waals surface area contributed by atoms with Gasteiger partial charge in [0, 0.05) is 19.5 Å². The zero-order valence-electron chi connectivity index (χ0n) is 20.6. The van der Waals surface area contributed by atoms with Gasteiger partial charge in [-0.15, -0.1) is 10.2 Å². The van der Waals surface area contributed by atoms with Gasteiger partial charge in [-0.05, 0) is 49.3 Å². The van der Waals surface area contributed by atoms with Gasteiger partial charge in [-0.25, -0.2) is 13.4 Å². The van der Waals surface area contributed by atoms with Gasteiger partial charge in [0.05, 0.1) is 22.9 Å². The molecule has 2 aromatic heterocycles. The molecule has 192 valence electrons. The highest BCUT2D eigenvalue weighted by Crippen LogP contribution is 2.41. The quantitative estimate of drug-likeness (QED) is 0.439. The molecule has 0 amide bonds. The van der Waals surface area contributed by atoms with E-state index in [4.69, 9.17) is 16.0 Å². The van der Waals surface area contributed by atoms with Crippen LogP contribution < -0.4 is 14.9 Å². The zero-order chi connectivity index (χ0) is 25.4. The normalized spacial score (nSPS) is 23.9. The molecule has 0 spiro atoms. The van der Waals surface area contributed by atoms with E-state index < -0.39 is 10.0 Å². The van der Waals surface area contributed by atoms with E-state index in [0.29, 0.717) is 29.1 Å². The minimum atomic E-state index is -3.59. The van der Waals surface area contributed by atoms with Crippen LogP contribution in [0.4, 0.5) is 11.6 Å². The van der Waals surface area contributed by atoms with Crippen molar-refractivity contribution in [2.75, 3.05) is 36.0 Å². The van der Waals surface area contributed by atoms with Crippen molar-refractivity contribution < 1.29 is 12.8 Å². The molecular weight excluding hydrogens is 500 g/mol. The number of anilines is 2. The third kappa shape index (κ3) is 5.21. The maximum Gasteiger partial charge on any atom is 0.249 e. The number of hydrogen-bond acceptors (Lipinski definition) is 8. The first-order chi connectivity index (χ1) is 17.2. The number of rotatable bonds is 8. The molecule has 1 saturated heterocycles. The van der Waals surface area contributed by atoms with Crippen LogP contribution in [0.3, 0.4) is 0 Å². The Balaban J connectivity index is 1.50. The Bertz CT molecular complexity index is 1330. The smallest absolute Gasteiger partial charge is 0.249 e. The van der Waals surface area contributed by atoms with Crippen molar-refractivity contribution in [3.8, 4) is 11.5 Å². The van der Waals surface area contributed by atoms with Gasteiger partial charge in [-0.2, -0.15) is 0 Å². The number of benzene rings is 1. The molecule has 3 heterocycles. The van der Waals surface area contributed by atoms with Crippen molar-refractivity contribution in [1.82, 2.24) is 20.5 Å². The number of aromatic nitrogens is 3. The predicted octanol–water partition coefficient (Wildman–Crippen LogP) is 4.46. The molecular formula is C25H31ClN6O3S. The summed E-state index contributed by atoms with van der Waals surface area (Å²) in [4.78, 5) is 4.50. The molecule has 1 aromatic carbocycles. The molecule has 5 rings (SSSR count). The summed E-state index contributed by atoms with van der Waals surface area (Å²) < 4.78 is 31.8. The number of nitrogens with one attached hydrogen (secondary N) is 2. The topological polar surface area (TPSA) is 113 Å². The van der Waals surface area contributed by atoms with Crippen LogP contribution in [-0.2, 0) is 10.0 Å². The van der Waals surface area contributed by atoms with Gasteiger partial charge in [0.25, 0.3) is 0 Å². The Morgan fingerprint density at radius 1 is 1.25 bits per heavy atom. The molecule has 2 fully saturated rings. The van der Waals surface area contributed by atoms with E-state index >= 15 is 0 Å². The van der Waals surface area contributed by atoms with Crippen LogP contribution >= 0.6 is 11.6 Å². The summed E-state index contributed by atoms with van der Waals surface area (Å²) in [5.41, 5.74) is 1.66. The Morgan fingerprint density at radius 3 is 2.69 bits per heavy atom. The van der Waals surface area contributed by atoms with Crippen LogP contribution in [0.5, 0.6) is 0 Å². The molecule has 1 aliphatic heterocycles. The molecule has 1 saturated carbocycles. The third-order valence-electron chi connectivity index (χ3n) is 7.18. The van der Waals surface area contributed by atoms with E-state index in [1.165, 1.54) is 12.6 Å². The van der Waals surface area contributed by atoms with Gasteiger partial charge in [0.2, 0.25) is 21.8 Å². The van der Waals surface area contributed by atoms with E-state index in [0.717, 1.165) is 42.9 Å². The molecule has 3 aromatic rings. The van der Waals surface area contributed by atoms with E-state index in [1.54, 1.807) is 6.07 Å². The second kappa shape index (κ2) is 9.99. The van der Waals surface area contributed by atoms with Crippen molar-refractivity contribution in [3.05, 3.63) is 52.9 Å². The average Bonchev–Trinajstić information content (AvgIpc) is 3.36. The highest BCUT2D eigenvalue weighted by Gasteiger charge is 2.34. The molecule has 2 N–H and O–H groups in total. The summed E-state index contributed by atoms with van der Waals surface area (Å²) in [6.07, 6.45) is 4.34. The fourth-order valence-corrected chi connectivity index (χ4v) is 5.52. The second-order valence-electron chi connectivity index (χ2n) is 9.81. The second-order valence-corrected chi connectivity index (χ2v) is 12.2. The van der Waals surface area contributed by atoms with Crippen LogP contribution in [0.1, 0.15) is 49.6 Å². The Kier molecular flexibility index (Phi) is 6.93. The number of pyridine rings is 1. The van der Waals surface area contributed by atoms with Crippen LogP contribution in [0, 0.1) is 11.8 Å². The van der Waals surface area contributed by atoms with Crippen LogP contribution in [0.15, 0.2) is 40.8 Å². The van der Waals surface area contributed by atoms with Crippen LogP contribution in [0.25, 0.3) is 11.5 Å². The van der Waals surface area contributed by atoms with Crippen molar-refractivity contribution in [2.45, 2.75) is 38.1 Å². The molecule has 36 heavy (non-hydrogen) atoms. The molecule has 0 bridgehead atoms. The summed E-state index contributed by atoms with van der Waals surface area (Å²) in [6, 6.07) is 11.9. The Hall–Kier alpha value is -2.69. The first-order valence-corrected chi connectivity index (χ1v) is 14.5. The van der Waals surface area contributed by atoms with E-state index in [9.17, 15) is 8.42 Å². The van der Waals surface area contributed by atoms with Gasteiger partial charge >= 0.3 is 0 Å². The molecule has 1 aliphatic carbocycles. The van der Waals surface area contributed by atoms with Crippen molar-refractivity contribution in [1.29, 1.82) is 0 Å². The zero-order valence-corrected chi connectivity index (χ0v) is 22.2. The number of sulfonamides is 1. The number of nitrogens with zero attached hydrogens (tertiary/aromatic N) is 4. The van der Waals surface area contributed by atoms with Gasteiger partial charge in [0.1, 0.15) is 5.82 Å². The summed E-state index contributed by atoms with van der Waals surface area (Å²) in [6.45, 7) is 3.81. The monoisotopic (exact) mass is 530 g/mol. The van der Waals surface area contributed by atoms with Crippen molar-refractivity contribution in [2.24, 2.45) is 11.8 Å². The number of piperidine rings is 1. The highest BCUT2D eigenvalue weighted by atomic mass is 35.5. The van der Waals surface area contributed by atoms with Crippen LogP contribution in [0.2, 0.25) is 5.02 Å². The summed E-state index contributed by atoms with van der Waals surface area (Å²) in [5.74, 6) is 2.77. The molecule has 0 unspecified atom stereocenters. The lowest BCUT2D eigenvalue weighted by Crippen LogP contribution is -2.33. The average molecular weight is 531 g/mol.